The molecule has 0 bridgehead atoms. The van der Waals surface area contributed by atoms with E-state index in [2.05, 4.69) is 23.5 Å². The summed E-state index contributed by atoms with van der Waals surface area (Å²) in [4.78, 5) is 23.7. The molecule has 4 nitrogen and oxygen atoms in total. The molecule has 1 saturated carbocycles. The molecule has 2 aliphatic rings. The first-order chi connectivity index (χ1) is 10.6. The zero-order valence-electron chi connectivity index (χ0n) is 12.1. The van der Waals surface area contributed by atoms with Gasteiger partial charge in [0.05, 0.1) is 11.8 Å². The third-order valence-electron chi connectivity index (χ3n) is 5.05. The Hall–Kier alpha value is -2.36. The minimum atomic E-state index is -0.778. The number of hydrogen-bond donors (Lipinski definition) is 2. The highest BCUT2D eigenvalue weighted by Crippen LogP contribution is 2.43. The van der Waals surface area contributed by atoms with Gasteiger partial charge in [-0.15, -0.1) is 0 Å². The highest BCUT2D eigenvalue weighted by Gasteiger charge is 2.43. The number of ketones is 1. The Labute approximate surface area is 128 Å². The smallest absolute Gasteiger partial charge is 0.306 e. The van der Waals surface area contributed by atoms with E-state index >= 15 is 0 Å². The van der Waals surface area contributed by atoms with Crippen molar-refractivity contribution in [3.05, 3.63) is 42.0 Å². The standard InChI is InChI=1S/C18H17NO3/c20-17(11-7-12(8-11)18(21)22)14-9-19-15-6-5-10-3-1-2-4-13(10)16(14)15/h1-6,11-12,14,19H,7-9H2,(H,21,22). The van der Waals surface area contributed by atoms with Gasteiger partial charge in [-0.05, 0) is 35.2 Å². The van der Waals surface area contributed by atoms with Crippen molar-refractivity contribution in [2.24, 2.45) is 11.8 Å². The van der Waals surface area contributed by atoms with E-state index in [1.807, 2.05) is 18.2 Å². The summed E-state index contributed by atoms with van der Waals surface area (Å²) in [6.07, 6.45) is 0.982. The predicted molar refractivity (Wildman–Crippen MR) is 84.0 cm³/mol. The van der Waals surface area contributed by atoms with Gasteiger partial charge < -0.3 is 10.4 Å². The van der Waals surface area contributed by atoms with Gasteiger partial charge in [0.1, 0.15) is 5.78 Å². The molecular weight excluding hydrogens is 278 g/mol. The van der Waals surface area contributed by atoms with Crippen LogP contribution in [0, 0.1) is 11.8 Å². The maximum atomic E-state index is 12.8. The molecule has 0 amide bonds. The zero-order valence-corrected chi connectivity index (χ0v) is 12.1. The SMILES string of the molecule is O=C(O)C1CC(C(=O)C2CNc3ccc4ccccc4c32)C1. The van der Waals surface area contributed by atoms with Crippen LogP contribution in [0.1, 0.15) is 24.3 Å². The number of Topliss-reactive ketones (excluding diaryl/α,β-unsaturated/α-hetero) is 1. The van der Waals surface area contributed by atoms with Gasteiger partial charge in [-0.2, -0.15) is 0 Å². The van der Waals surface area contributed by atoms with Crippen LogP contribution >= 0.6 is 0 Å². The highest BCUT2D eigenvalue weighted by molar-refractivity contribution is 6.00. The molecule has 4 heteroatoms. The molecule has 4 rings (SSSR count). The molecular formula is C18H17NO3. The van der Waals surface area contributed by atoms with Gasteiger partial charge in [-0.1, -0.05) is 30.3 Å². The van der Waals surface area contributed by atoms with Crippen LogP contribution in [-0.2, 0) is 9.59 Å². The monoisotopic (exact) mass is 295 g/mol. The van der Waals surface area contributed by atoms with Crippen LogP contribution in [0.25, 0.3) is 10.8 Å². The van der Waals surface area contributed by atoms with E-state index in [4.69, 9.17) is 5.11 Å². The van der Waals surface area contributed by atoms with Crippen molar-refractivity contribution < 1.29 is 14.7 Å². The molecule has 1 fully saturated rings. The second-order valence-corrected chi connectivity index (χ2v) is 6.29. The summed E-state index contributed by atoms with van der Waals surface area (Å²) < 4.78 is 0. The van der Waals surface area contributed by atoms with Crippen LogP contribution in [0.2, 0.25) is 0 Å². The summed E-state index contributed by atoms with van der Waals surface area (Å²) in [5, 5.41) is 14.6. The molecule has 2 aromatic carbocycles. The summed E-state index contributed by atoms with van der Waals surface area (Å²) in [7, 11) is 0. The minimum Gasteiger partial charge on any atom is -0.481 e. The lowest BCUT2D eigenvalue weighted by Crippen LogP contribution is -2.37. The Morgan fingerprint density at radius 1 is 1.05 bits per heavy atom. The summed E-state index contributed by atoms with van der Waals surface area (Å²) in [5.41, 5.74) is 2.12. The number of hydrogen-bond acceptors (Lipinski definition) is 3. The molecule has 0 aromatic heterocycles. The van der Waals surface area contributed by atoms with E-state index in [1.54, 1.807) is 0 Å². The predicted octanol–water partition coefficient (Wildman–Crippen LogP) is 3.03. The Morgan fingerprint density at radius 3 is 2.59 bits per heavy atom. The largest absolute Gasteiger partial charge is 0.481 e. The number of carboxylic acids is 1. The number of fused-ring (bicyclic) bond motifs is 3. The Balaban J connectivity index is 1.66. The molecule has 1 heterocycles. The van der Waals surface area contributed by atoms with Crippen LogP contribution in [0.15, 0.2) is 36.4 Å². The van der Waals surface area contributed by atoms with Crippen molar-refractivity contribution in [1.82, 2.24) is 0 Å². The van der Waals surface area contributed by atoms with Crippen molar-refractivity contribution in [3.63, 3.8) is 0 Å². The Morgan fingerprint density at radius 2 is 1.82 bits per heavy atom. The molecule has 1 atom stereocenters. The highest BCUT2D eigenvalue weighted by atomic mass is 16.4. The number of rotatable bonds is 3. The number of aliphatic carboxylic acids is 1. The molecule has 2 aromatic rings. The molecule has 112 valence electrons. The molecule has 22 heavy (non-hydrogen) atoms. The molecule has 1 aliphatic carbocycles. The van der Waals surface area contributed by atoms with Gasteiger partial charge in [0.2, 0.25) is 0 Å². The van der Waals surface area contributed by atoms with Crippen molar-refractivity contribution in [2.45, 2.75) is 18.8 Å². The van der Waals surface area contributed by atoms with Crippen LogP contribution in [0.3, 0.4) is 0 Å². The lowest BCUT2D eigenvalue weighted by atomic mass is 9.69. The van der Waals surface area contributed by atoms with Crippen molar-refractivity contribution in [3.8, 4) is 0 Å². The van der Waals surface area contributed by atoms with Gasteiger partial charge in [0.15, 0.2) is 0 Å². The van der Waals surface area contributed by atoms with Crippen LogP contribution in [-0.4, -0.2) is 23.4 Å². The molecule has 0 spiro atoms. The fourth-order valence-corrected chi connectivity index (χ4v) is 3.72. The fraction of sp³-hybridized carbons (Fsp3) is 0.333. The maximum Gasteiger partial charge on any atom is 0.306 e. The summed E-state index contributed by atoms with van der Waals surface area (Å²) in [6, 6.07) is 12.2. The van der Waals surface area contributed by atoms with Crippen LogP contribution in [0.5, 0.6) is 0 Å². The van der Waals surface area contributed by atoms with E-state index in [-0.39, 0.29) is 23.5 Å². The van der Waals surface area contributed by atoms with E-state index < -0.39 is 5.97 Å². The first-order valence-corrected chi connectivity index (χ1v) is 7.67. The average molecular weight is 295 g/mol. The topological polar surface area (TPSA) is 66.4 Å². The van der Waals surface area contributed by atoms with Gasteiger partial charge >= 0.3 is 5.97 Å². The first-order valence-electron chi connectivity index (χ1n) is 7.67. The number of anilines is 1. The fourth-order valence-electron chi connectivity index (χ4n) is 3.72. The van der Waals surface area contributed by atoms with E-state index in [0.29, 0.717) is 19.4 Å². The van der Waals surface area contributed by atoms with Gasteiger partial charge in [0, 0.05) is 18.2 Å². The zero-order chi connectivity index (χ0) is 15.3. The van der Waals surface area contributed by atoms with Crippen molar-refractivity contribution in [1.29, 1.82) is 0 Å². The average Bonchev–Trinajstić information content (AvgIpc) is 2.89. The summed E-state index contributed by atoms with van der Waals surface area (Å²) in [5.74, 6) is -1.17. The Kier molecular flexibility index (Phi) is 2.93. The number of benzene rings is 2. The molecule has 0 saturated heterocycles. The molecule has 0 radical (unpaired) electrons. The number of nitrogens with one attached hydrogen (secondary N) is 1. The second-order valence-electron chi connectivity index (χ2n) is 6.29. The minimum absolute atomic E-state index is 0.0992. The molecule has 2 N–H and O–H groups in total. The van der Waals surface area contributed by atoms with Gasteiger partial charge in [-0.25, -0.2) is 0 Å². The van der Waals surface area contributed by atoms with Crippen LogP contribution in [0.4, 0.5) is 5.69 Å². The third kappa shape index (κ3) is 1.90. The maximum absolute atomic E-state index is 12.8. The second kappa shape index (κ2) is 4.83. The molecule has 1 aliphatic heterocycles. The van der Waals surface area contributed by atoms with Gasteiger partial charge in [0.25, 0.3) is 0 Å². The van der Waals surface area contributed by atoms with Crippen molar-refractivity contribution >= 4 is 28.2 Å². The number of carboxylic acid groups (broad SMARTS) is 1. The Bertz CT molecular complexity index is 777. The van der Waals surface area contributed by atoms with Gasteiger partial charge in [-0.3, -0.25) is 9.59 Å². The normalized spacial score (nSPS) is 26.1. The van der Waals surface area contributed by atoms with E-state index in [1.165, 1.54) is 0 Å². The van der Waals surface area contributed by atoms with E-state index in [0.717, 1.165) is 22.0 Å². The summed E-state index contributed by atoms with van der Waals surface area (Å²) in [6.45, 7) is 0.621. The van der Waals surface area contributed by atoms with Crippen LogP contribution < -0.4 is 5.32 Å². The lowest BCUT2D eigenvalue weighted by molar-refractivity contribution is -0.148. The summed E-state index contributed by atoms with van der Waals surface area (Å²) >= 11 is 0. The number of carbonyl (C=O) groups excluding carboxylic acids is 1. The number of carbonyl (C=O) groups is 2. The van der Waals surface area contributed by atoms with Crippen molar-refractivity contribution in [2.75, 3.05) is 11.9 Å². The van der Waals surface area contributed by atoms with E-state index in [9.17, 15) is 9.59 Å². The first kappa shape index (κ1) is 13.3. The quantitative estimate of drug-likeness (QED) is 0.913. The lowest BCUT2D eigenvalue weighted by Gasteiger charge is -2.32. The molecule has 1 unspecified atom stereocenters. The third-order valence-corrected chi connectivity index (χ3v) is 5.05.